The Hall–Kier alpha value is -1.11. The van der Waals surface area contributed by atoms with Crippen molar-refractivity contribution >= 4 is 5.78 Å². The van der Waals surface area contributed by atoms with E-state index in [1.54, 1.807) is 0 Å². The predicted molar refractivity (Wildman–Crippen MR) is 64.5 cm³/mol. The second-order valence-corrected chi connectivity index (χ2v) is 5.17. The van der Waals surface area contributed by atoms with E-state index in [1.165, 1.54) is 24.0 Å². The molecule has 1 aromatic rings. The highest BCUT2D eigenvalue weighted by Gasteiger charge is 2.33. The molecule has 1 saturated carbocycles. The van der Waals surface area contributed by atoms with Gasteiger partial charge in [-0.2, -0.15) is 0 Å². The molecule has 0 N–H and O–H groups in total. The zero-order valence-corrected chi connectivity index (χ0v) is 9.61. The van der Waals surface area contributed by atoms with Crippen LogP contribution in [0.1, 0.15) is 49.1 Å². The Labute approximate surface area is 96.9 Å². The van der Waals surface area contributed by atoms with Crippen molar-refractivity contribution in [2.75, 3.05) is 0 Å². The Morgan fingerprint density at radius 3 is 2.62 bits per heavy atom. The lowest BCUT2D eigenvalue weighted by molar-refractivity contribution is -0.127. The number of rotatable bonds is 2. The molecule has 0 bridgehead atoms. The maximum absolute atomic E-state index is 12.3. The number of fused-ring (bicyclic) bond motifs is 1. The molecule has 0 saturated heterocycles. The number of Topliss-reactive ketones (excluding diaryl/α,β-unsaturated/α-hetero) is 1. The van der Waals surface area contributed by atoms with E-state index in [0.29, 0.717) is 11.7 Å². The van der Waals surface area contributed by atoms with Gasteiger partial charge in [-0.05, 0) is 43.2 Å². The molecule has 84 valence electrons. The minimum Gasteiger partial charge on any atom is -0.299 e. The van der Waals surface area contributed by atoms with Gasteiger partial charge in [0.15, 0.2) is 0 Å². The minimum atomic E-state index is 0.218. The molecule has 0 radical (unpaired) electrons. The number of hydrogen-bond donors (Lipinski definition) is 0. The zero-order valence-electron chi connectivity index (χ0n) is 9.61. The van der Waals surface area contributed by atoms with E-state index in [4.69, 9.17) is 0 Å². The zero-order chi connectivity index (χ0) is 11.0. The fourth-order valence-corrected chi connectivity index (χ4v) is 3.03. The molecule has 0 spiro atoms. The fourth-order valence-electron chi connectivity index (χ4n) is 3.03. The van der Waals surface area contributed by atoms with Crippen LogP contribution in [-0.4, -0.2) is 5.78 Å². The van der Waals surface area contributed by atoms with Gasteiger partial charge in [-0.3, -0.25) is 4.79 Å². The number of carbonyl (C=O) groups excluding carboxylic acids is 1. The van der Waals surface area contributed by atoms with Gasteiger partial charge in [0.2, 0.25) is 0 Å². The van der Waals surface area contributed by atoms with Crippen LogP contribution in [0.2, 0.25) is 0 Å². The summed E-state index contributed by atoms with van der Waals surface area (Å²) in [5.41, 5.74) is 2.73. The van der Waals surface area contributed by atoms with Gasteiger partial charge >= 0.3 is 0 Å². The molecule has 0 aliphatic heterocycles. The molecule has 0 amide bonds. The second kappa shape index (κ2) is 4.04. The summed E-state index contributed by atoms with van der Waals surface area (Å²) >= 11 is 0. The number of ketones is 1. The van der Waals surface area contributed by atoms with Crippen LogP contribution in [0.25, 0.3) is 0 Å². The van der Waals surface area contributed by atoms with E-state index in [1.807, 2.05) is 0 Å². The highest BCUT2D eigenvalue weighted by Crippen LogP contribution is 2.38. The molecule has 0 aromatic heterocycles. The van der Waals surface area contributed by atoms with Gasteiger partial charge in [-0.25, -0.2) is 0 Å². The van der Waals surface area contributed by atoms with Crippen LogP contribution in [0.15, 0.2) is 24.3 Å². The van der Waals surface area contributed by atoms with Crippen molar-refractivity contribution in [3.8, 4) is 0 Å². The maximum atomic E-state index is 12.3. The summed E-state index contributed by atoms with van der Waals surface area (Å²) in [5, 5.41) is 0. The number of aryl methyl sites for hydroxylation is 1. The lowest BCUT2D eigenvalue weighted by atomic mass is 9.72. The summed E-state index contributed by atoms with van der Waals surface area (Å²) in [5.74, 6) is 1.13. The minimum absolute atomic E-state index is 0.218. The highest BCUT2D eigenvalue weighted by atomic mass is 16.1. The Morgan fingerprint density at radius 2 is 1.88 bits per heavy atom. The molecular formula is C15H18O. The lowest BCUT2D eigenvalue weighted by Gasteiger charge is -2.31. The monoisotopic (exact) mass is 214 g/mol. The fraction of sp³-hybridized carbons (Fsp3) is 0.533. The normalized spacial score (nSPS) is 24.6. The number of carbonyl (C=O) groups is 1. The van der Waals surface area contributed by atoms with Crippen molar-refractivity contribution in [1.82, 2.24) is 0 Å². The molecule has 1 atom stereocenters. The van der Waals surface area contributed by atoms with Crippen molar-refractivity contribution in [2.45, 2.75) is 44.4 Å². The van der Waals surface area contributed by atoms with Gasteiger partial charge in [0, 0.05) is 11.8 Å². The highest BCUT2D eigenvalue weighted by molar-refractivity contribution is 5.89. The van der Waals surface area contributed by atoms with Gasteiger partial charge in [0.1, 0.15) is 5.78 Å². The van der Waals surface area contributed by atoms with Gasteiger partial charge in [0.25, 0.3) is 0 Å². The molecule has 2 aliphatic carbocycles. The Balaban J connectivity index is 1.89. The van der Waals surface area contributed by atoms with Crippen LogP contribution in [0.4, 0.5) is 0 Å². The standard InChI is InChI=1S/C15H18O/c16-15(12-7-3-8-12)14-10-4-6-11-5-1-2-9-13(11)14/h1-2,5,9,12,14H,3-4,6-8,10H2. The Bertz CT molecular complexity index is 404. The average Bonchev–Trinajstić information content (AvgIpc) is 2.26. The van der Waals surface area contributed by atoms with Crippen LogP contribution in [0, 0.1) is 5.92 Å². The molecule has 2 aliphatic rings. The number of benzene rings is 1. The topological polar surface area (TPSA) is 17.1 Å². The lowest BCUT2D eigenvalue weighted by Crippen LogP contribution is -2.29. The summed E-state index contributed by atoms with van der Waals surface area (Å²) in [6.45, 7) is 0. The molecule has 1 aromatic carbocycles. The van der Waals surface area contributed by atoms with Crippen molar-refractivity contribution in [1.29, 1.82) is 0 Å². The molecule has 1 nitrogen and oxygen atoms in total. The summed E-state index contributed by atoms with van der Waals surface area (Å²) < 4.78 is 0. The summed E-state index contributed by atoms with van der Waals surface area (Å²) in [6.07, 6.45) is 6.94. The van der Waals surface area contributed by atoms with E-state index in [9.17, 15) is 4.79 Å². The molecule has 1 fully saturated rings. The molecule has 3 rings (SSSR count). The smallest absolute Gasteiger partial charge is 0.143 e. The first kappa shape index (κ1) is 10.1. The molecule has 1 unspecified atom stereocenters. The van der Waals surface area contributed by atoms with E-state index in [-0.39, 0.29) is 5.92 Å². The molecular weight excluding hydrogens is 196 g/mol. The van der Waals surface area contributed by atoms with E-state index >= 15 is 0 Å². The SMILES string of the molecule is O=C(C1CCC1)C1CCCc2ccccc21. The van der Waals surface area contributed by atoms with Gasteiger partial charge in [-0.15, -0.1) is 0 Å². The first-order valence-corrected chi connectivity index (χ1v) is 6.48. The third kappa shape index (κ3) is 1.59. The predicted octanol–water partition coefficient (Wildman–Crippen LogP) is 3.48. The van der Waals surface area contributed by atoms with Gasteiger partial charge in [-0.1, -0.05) is 30.7 Å². The average molecular weight is 214 g/mol. The quantitative estimate of drug-likeness (QED) is 0.736. The number of hydrogen-bond acceptors (Lipinski definition) is 1. The summed E-state index contributed by atoms with van der Waals surface area (Å²) in [6, 6.07) is 8.52. The molecule has 1 heteroatoms. The largest absolute Gasteiger partial charge is 0.299 e. The van der Waals surface area contributed by atoms with Crippen molar-refractivity contribution < 1.29 is 4.79 Å². The molecule has 0 heterocycles. The van der Waals surface area contributed by atoms with Gasteiger partial charge < -0.3 is 0 Å². The molecule has 16 heavy (non-hydrogen) atoms. The third-order valence-corrected chi connectivity index (χ3v) is 4.22. The first-order chi connectivity index (χ1) is 7.86. The Morgan fingerprint density at radius 1 is 1.06 bits per heavy atom. The summed E-state index contributed by atoms with van der Waals surface area (Å²) in [4.78, 5) is 12.3. The van der Waals surface area contributed by atoms with Crippen molar-refractivity contribution in [2.24, 2.45) is 5.92 Å². The van der Waals surface area contributed by atoms with E-state index in [2.05, 4.69) is 24.3 Å². The van der Waals surface area contributed by atoms with Crippen LogP contribution >= 0.6 is 0 Å². The van der Waals surface area contributed by atoms with E-state index in [0.717, 1.165) is 25.7 Å². The van der Waals surface area contributed by atoms with Gasteiger partial charge in [0.05, 0.1) is 0 Å². The van der Waals surface area contributed by atoms with Crippen LogP contribution in [-0.2, 0) is 11.2 Å². The van der Waals surface area contributed by atoms with Crippen LogP contribution in [0.5, 0.6) is 0 Å². The van der Waals surface area contributed by atoms with E-state index < -0.39 is 0 Å². The Kier molecular flexibility index (Phi) is 2.55. The third-order valence-electron chi connectivity index (χ3n) is 4.22. The van der Waals surface area contributed by atoms with Crippen molar-refractivity contribution in [3.05, 3.63) is 35.4 Å². The van der Waals surface area contributed by atoms with Crippen LogP contribution < -0.4 is 0 Å². The first-order valence-electron chi connectivity index (χ1n) is 6.48. The maximum Gasteiger partial charge on any atom is 0.143 e. The van der Waals surface area contributed by atoms with Crippen molar-refractivity contribution in [3.63, 3.8) is 0 Å². The summed E-state index contributed by atoms with van der Waals surface area (Å²) in [7, 11) is 0. The second-order valence-electron chi connectivity index (χ2n) is 5.17. The van der Waals surface area contributed by atoms with Crippen LogP contribution in [0.3, 0.4) is 0 Å².